The van der Waals surface area contributed by atoms with Gasteiger partial charge in [-0.25, -0.2) is 4.98 Å². The van der Waals surface area contributed by atoms with Crippen LogP contribution in [-0.4, -0.2) is 53.9 Å². The molecule has 5 heteroatoms. The fraction of sp³-hybridized carbons (Fsp3) is 0.250. The third kappa shape index (κ3) is 4.63. The fourth-order valence-electron chi connectivity index (χ4n) is 3.54. The Morgan fingerprint density at radius 1 is 0.897 bits per heavy atom. The zero-order valence-electron chi connectivity index (χ0n) is 16.7. The van der Waals surface area contributed by atoms with Gasteiger partial charge in [-0.1, -0.05) is 48.5 Å². The largest absolute Gasteiger partial charge is 0.336 e. The van der Waals surface area contributed by atoms with Crippen molar-refractivity contribution in [2.45, 2.75) is 6.54 Å². The molecule has 148 valence electrons. The summed E-state index contributed by atoms with van der Waals surface area (Å²) in [7, 11) is 2.09. The Morgan fingerprint density at radius 2 is 1.55 bits per heavy atom. The standard InChI is InChI=1S/C24H26N4O/c1-26-14-16-27(17-15-26)24(29)21-12-13-23(25-18-21)28(22-10-6-3-7-11-22)19-20-8-4-2-5-9-20/h2-13,18H,14-17,19H2,1H3. The summed E-state index contributed by atoms with van der Waals surface area (Å²) in [6.07, 6.45) is 1.71. The van der Waals surface area contributed by atoms with Gasteiger partial charge in [-0.3, -0.25) is 4.79 Å². The fourth-order valence-corrected chi connectivity index (χ4v) is 3.54. The molecule has 1 aliphatic rings. The van der Waals surface area contributed by atoms with Gasteiger partial charge >= 0.3 is 0 Å². The molecule has 0 bridgehead atoms. The quantitative estimate of drug-likeness (QED) is 0.669. The monoisotopic (exact) mass is 386 g/mol. The molecule has 5 nitrogen and oxygen atoms in total. The van der Waals surface area contributed by atoms with E-state index in [9.17, 15) is 4.79 Å². The SMILES string of the molecule is CN1CCN(C(=O)c2ccc(N(Cc3ccccc3)c3ccccc3)nc2)CC1. The molecule has 2 heterocycles. The van der Waals surface area contributed by atoms with Gasteiger partial charge in [0.25, 0.3) is 5.91 Å². The number of anilines is 2. The van der Waals surface area contributed by atoms with Gasteiger partial charge in [-0.2, -0.15) is 0 Å². The molecule has 1 fully saturated rings. The molecule has 1 amide bonds. The summed E-state index contributed by atoms with van der Waals surface area (Å²) in [5.74, 6) is 0.890. The second-order valence-electron chi connectivity index (χ2n) is 7.41. The summed E-state index contributed by atoms with van der Waals surface area (Å²) in [4.78, 5) is 23.8. The van der Waals surface area contributed by atoms with Crippen molar-refractivity contribution in [2.75, 3.05) is 38.1 Å². The second-order valence-corrected chi connectivity index (χ2v) is 7.41. The molecule has 0 radical (unpaired) electrons. The number of benzene rings is 2. The van der Waals surface area contributed by atoms with E-state index in [-0.39, 0.29) is 5.91 Å². The first-order valence-electron chi connectivity index (χ1n) is 10.0. The number of amides is 1. The van der Waals surface area contributed by atoms with Crippen LogP contribution in [-0.2, 0) is 6.54 Å². The molecular formula is C24H26N4O. The Hall–Kier alpha value is -3.18. The molecule has 1 aromatic heterocycles. The van der Waals surface area contributed by atoms with Crippen LogP contribution in [0.1, 0.15) is 15.9 Å². The van der Waals surface area contributed by atoms with Crippen LogP contribution in [0, 0.1) is 0 Å². The maximum atomic E-state index is 12.8. The highest BCUT2D eigenvalue weighted by Gasteiger charge is 2.21. The Morgan fingerprint density at radius 3 is 2.17 bits per heavy atom. The van der Waals surface area contributed by atoms with Gasteiger partial charge in [0.2, 0.25) is 0 Å². The zero-order chi connectivity index (χ0) is 20.1. The molecule has 0 atom stereocenters. The third-order valence-electron chi connectivity index (χ3n) is 5.31. The summed E-state index contributed by atoms with van der Waals surface area (Å²) in [5.41, 5.74) is 2.92. The highest BCUT2D eigenvalue weighted by Crippen LogP contribution is 2.26. The van der Waals surface area contributed by atoms with Gasteiger partial charge in [0.15, 0.2) is 0 Å². The van der Waals surface area contributed by atoms with Crippen molar-refractivity contribution in [3.8, 4) is 0 Å². The maximum Gasteiger partial charge on any atom is 0.255 e. The number of rotatable bonds is 5. The van der Waals surface area contributed by atoms with E-state index in [0.717, 1.165) is 37.7 Å². The van der Waals surface area contributed by atoms with Crippen molar-refractivity contribution in [3.05, 3.63) is 90.1 Å². The van der Waals surface area contributed by atoms with Crippen LogP contribution >= 0.6 is 0 Å². The molecule has 0 spiro atoms. The number of hydrogen-bond donors (Lipinski definition) is 0. The van der Waals surface area contributed by atoms with E-state index in [1.807, 2.05) is 53.4 Å². The van der Waals surface area contributed by atoms with Gasteiger partial charge in [0, 0.05) is 44.6 Å². The highest BCUT2D eigenvalue weighted by molar-refractivity contribution is 5.94. The Bertz CT molecular complexity index is 920. The van der Waals surface area contributed by atoms with Gasteiger partial charge in [0.05, 0.1) is 5.56 Å². The predicted molar refractivity (Wildman–Crippen MR) is 116 cm³/mol. The topological polar surface area (TPSA) is 39.7 Å². The average Bonchev–Trinajstić information content (AvgIpc) is 2.79. The molecule has 3 aromatic rings. The van der Waals surface area contributed by atoms with E-state index >= 15 is 0 Å². The smallest absolute Gasteiger partial charge is 0.255 e. The Kier molecular flexibility index (Phi) is 5.86. The number of carbonyl (C=O) groups is 1. The van der Waals surface area contributed by atoms with Crippen LogP contribution in [0.25, 0.3) is 0 Å². The van der Waals surface area contributed by atoms with Gasteiger partial charge in [-0.15, -0.1) is 0 Å². The van der Waals surface area contributed by atoms with Gasteiger partial charge < -0.3 is 14.7 Å². The lowest BCUT2D eigenvalue weighted by Gasteiger charge is -2.32. The molecule has 0 N–H and O–H groups in total. The van der Waals surface area contributed by atoms with E-state index in [2.05, 4.69) is 46.1 Å². The minimum atomic E-state index is 0.0615. The first-order valence-corrected chi connectivity index (χ1v) is 10.0. The maximum absolute atomic E-state index is 12.8. The van der Waals surface area contributed by atoms with E-state index in [1.54, 1.807) is 6.20 Å². The lowest BCUT2D eigenvalue weighted by molar-refractivity contribution is 0.0663. The van der Waals surface area contributed by atoms with E-state index < -0.39 is 0 Å². The van der Waals surface area contributed by atoms with Gasteiger partial charge in [0.1, 0.15) is 5.82 Å². The van der Waals surface area contributed by atoms with Crippen molar-refractivity contribution < 1.29 is 4.79 Å². The molecule has 4 rings (SSSR count). The summed E-state index contributed by atoms with van der Waals surface area (Å²) in [6.45, 7) is 4.07. The van der Waals surface area contributed by atoms with Crippen LogP contribution in [0.2, 0.25) is 0 Å². The molecule has 0 aliphatic carbocycles. The van der Waals surface area contributed by atoms with E-state index in [1.165, 1.54) is 5.56 Å². The van der Waals surface area contributed by atoms with Crippen LogP contribution in [0.15, 0.2) is 79.0 Å². The summed E-state index contributed by atoms with van der Waals surface area (Å²) >= 11 is 0. The van der Waals surface area contributed by atoms with Crippen LogP contribution in [0.4, 0.5) is 11.5 Å². The summed E-state index contributed by atoms with van der Waals surface area (Å²) < 4.78 is 0. The summed E-state index contributed by atoms with van der Waals surface area (Å²) in [6, 6.07) is 24.4. The number of carbonyl (C=O) groups excluding carboxylic acids is 1. The van der Waals surface area contributed by atoms with Gasteiger partial charge in [-0.05, 0) is 36.9 Å². The van der Waals surface area contributed by atoms with Crippen LogP contribution in [0.5, 0.6) is 0 Å². The molecule has 1 aliphatic heterocycles. The number of aromatic nitrogens is 1. The van der Waals surface area contributed by atoms with Crippen LogP contribution in [0.3, 0.4) is 0 Å². The Labute approximate surface area is 172 Å². The normalized spacial score (nSPS) is 14.6. The molecule has 2 aromatic carbocycles. The number of hydrogen-bond acceptors (Lipinski definition) is 4. The number of nitrogens with zero attached hydrogens (tertiary/aromatic N) is 4. The van der Waals surface area contributed by atoms with Crippen molar-refractivity contribution in [1.29, 1.82) is 0 Å². The third-order valence-corrected chi connectivity index (χ3v) is 5.31. The van der Waals surface area contributed by atoms with E-state index in [0.29, 0.717) is 12.1 Å². The molecule has 1 saturated heterocycles. The highest BCUT2D eigenvalue weighted by atomic mass is 16.2. The van der Waals surface area contributed by atoms with Crippen molar-refractivity contribution >= 4 is 17.4 Å². The number of likely N-dealkylation sites (N-methyl/N-ethyl adjacent to an activating group) is 1. The van der Waals surface area contributed by atoms with Crippen molar-refractivity contribution in [3.63, 3.8) is 0 Å². The van der Waals surface area contributed by atoms with Crippen molar-refractivity contribution in [2.24, 2.45) is 0 Å². The number of pyridine rings is 1. The molecular weight excluding hydrogens is 360 g/mol. The molecule has 0 unspecified atom stereocenters. The minimum Gasteiger partial charge on any atom is -0.336 e. The average molecular weight is 386 g/mol. The number of piperazine rings is 1. The molecule has 0 saturated carbocycles. The zero-order valence-corrected chi connectivity index (χ0v) is 16.7. The Balaban J connectivity index is 1.56. The minimum absolute atomic E-state index is 0.0615. The first-order chi connectivity index (χ1) is 14.2. The first kappa shape index (κ1) is 19.2. The second kappa shape index (κ2) is 8.88. The summed E-state index contributed by atoms with van der Waals surface area (Å²) in [5, 5.41) is 0. The van der Waals surface area contributed by atoms with Crippen molar-refractivity contribution in [1.82, 2.24) is 14.8 Å². The lowest BCUT2D eigenvalue weighted by Crippen LogP contribution is -2.47. The van der Waals surface area contributed by atoms with Crippen LogP contribution < -0.4 is 4.90 Å². The molecule has 29 heavy (non-hydrogen) atoms. The van der Waals surface area contributed by atoms with E-state index in [4.69, 9.17) is 0 Å². The number of para-hydroxylation sites is 1. The lowest BCUT2D eigenvalue weighted by atomic mass is 10.1. The predicted octanol–water partition coefficient (Wildman–Crippen LogP) is 3.81.